The number of esters is 1. The summed E-state index contributed by atoms with van der Waals surface area (Å²) in [5.41, 5.74) is 8.32. The lowest BCUT2D eigenvalue weighted by atomic mass is 10.2. The highest BCUT2D eigenvalue weighted by atomic mass is 79.9. The van der Waals surface area contributed by atoms with Crippen molar-refractivity contribution in [3.05, 3.63) is 45.7 Å². The van der Waals surface area contributed by atoms with E-state index in [1.54, 1.807) is 22.9 Å². The molecule has 0 fully saturated rings. The largest absolute Gasteiger partial charge is 0.456 e. The standard InChI is InChI=1S/C13H14BrN3O2/c1-8-5-10(17(2)16-8)7-19-13(18)11-6-9(15)3-4-12(11)14/h3-6H,7,15H2,1-2H3. The van der Waals surface area contributed by atoms with Crippen LogP contribution in [0.2, 0.25) is 0 Å². The Bertz CT molecular complexity index is 622. The molecule has 0 saturated heterocycles. The topological polar surface area (TPSA) is 70.1 Å². The molecule has 100 valence electrons. The molecule has 0 unspecified atom stereocenters. The summed E-state index contributed by atoms with van der Waals surface area (Å²) in [5, 5.41) is 4.19. The number of halogens is 1. The predicted octanol–water partition coefficient (Wildman–Crippen LogP) is 2.43. The Kier molecular flexibility index (Phi) is 3.90. The number of carbonyl (C=O) groups is 1. The Morgan fingerprint density at radius 2 is 2.21 bits per heavy atom. The molecule has 2 rings (SSSR count). The van der Waals surface area contributed by atoms with Gasteiger partial charge in [-0.3, -0.25) is 4.68 Å². The lowest BCUT2D eigenvalue weighted by Crippen LogP contribution is -2.09. The van der Waals surface area contributed by atoms with Gasteiger partial charge in [-0.25, -0.2) is 4.79 Å². The Labute approximate surface area is 119 Å². The summed E-state index contributed by atoms with van der Waals surface area (Å²) in [7, 11) is 1.81. The number of anilines is 1. The maximum atomic E-state index is 12.0. The molecular formula is C13H14BrN3O2. The van der Waals surface area contributed by atoms with Crippen LogP contribution in [0.1, 0.15) is 21.7 Å². The smallest absolute Gasteiger partial charge is 0.339 e. The molecule has 2 N–H and O–H groups in total. The van der Waals surface area contributed by atoms with Crippen LogP contribution in [-0.4, -0.2) is 15.7 Å². The Morgan fingerprint density at radius 1 is 1.47 bits per heavy atom. The van der Waals surface area contributed by atoms with Crippen LogP contribution in [0.15, 0.2) is 28.7 Å². The highest BCUT2D eigenvalue weighted by Gasteiger charge is 2.13. The molecule has 1 aromatic carbocycles. The fourth-order valence-corrected chi connectivity index (χ4v) is 2.12. The molecule has 0 radical (unpaired) electrons. The number of hydrogen-bond donors (Lipinski definition) is 1. The van der Waals surface area contributed by atoms with Gasteiger partial charge in [0.1, 0.15) is 6.61 Å². The van der Waals surface area contributed by atoms with Crippen molar-refractivity contribution in [3.63, 3.8) is 0 Å². The molecule has 5 nitrogen and oxygen atoms in total. The molecule has 1 aromatic heterocycles. The van der Waals surface area contributed by atoms with Gasteiger partial charge in [0.05, 0.1) is 17.0 Å². The molecule has 19 heavy (non-hydrogen) atoms. The van der Waals surface area contributed by atoms with Gasteiger partial charge in [0.2, 0.25) is 0 Å². The van der Waals surface area contributed by atoms with Crippen molar-refractivity contribution in [2.24, 2.45) is 7.05 Å². The van der Waals surface area contributed by atoms with Crippen LogP contribution in [0.3, 0.4) is 0 Å². The molecule has 0 aliphatic heterocycles. The summed E-state index contributed by atoms with van der Waals surface area (Å²) < 4.78 is 7.61. The number of ether oxygens (including phenoxy) is 1. The summed E-state index contributed by atoms with van der Waals surface area (Å²) in [6, 6.07) is 6.90. The second-order valence-electron chi connectivity index (χ2n) is 4.22. The first-order valence-corrected chi connectivity index (χ1v) is 6.48. The minimum absolute atomic E-state index is 0.178. The Morgan fingerprint density at radius 3 is 2.84 bits per heavy atom. The van der Waals surface area contributed by atoms with E-state index in [0.29, 0.717) is 15.7 Å². The maximum absolute atomic E-state index is 12.0. The zero-order chi connectivity index (χ0) is 14.0. The molecule has 6 heteroatoms. The van der Waals surface area contributed by atoms with Crippen molar-refractivity contribution in [1.29, 1.82) is 0 Å². The number of aryl methyl sites for hydroxylation is 2. The third kappa shape index (κ3) is 3.14. The molecule has 2 aromatic rings. The maximum Gasteiger partial charge on any atom is 0.339 e. The second kappa shape index (κ2) is 5.44. The van der Waals surface area contributed by atoms with Gasteiger partial charge in [0, 0.05) is 17.2 Å². The van der Waals surface area contributed by atoms with E-state index in [1.807, 2.05) is 20.0 Å². The minimum atomic E-state index is -0.418. The summed E-state index contributed by atoms with van der Waals surface area (Å²) in [4.78, 5) is 12.0. The van der Waals surface area contributed by atoms with Crippen molar-refractivity contribution in [3.8, 4) is 0 Å². The van der Waals surface area contributed by atoms with Crippen LogP contribution in [0.5, 0.6) is 0 Å². The fourth-order valence-electron chi connectivity index (χ4n) is 1.72. The lowest BCUT2D eigenvalue weighted by molar-refractivity contribution is 0.0462. The summed E-state index contributed by atoms with van der Waals surface area (Å²) >= 11 is 3.30. The number of carbonyl (C=O) groups excluding carboxylic acids is 1. The Balaban J connectivity index is 2.09. The van der Waals surface area contributed by atoms with Crippen molar-refractivity contribution >= 4 is 27.6 Å². The number of rotatable bonds is 3. The highest BCUT2D eigenvalue weighted by Crippen LogP contribution is 2.20. The summed E-state index contributed by atoms with van der Waals surface area (Å²) in [6.07, 6.45) is 0. The van der Waals surface area contributed by atoms with Crippen LogP contribution in [0.25, 0.3) is 0 Å². The van der Waals surface area contributed by atoms with Crippen LogP contribution in [0.4, 0.5) is 5.69 Å². The molecule has 1 heterocycles. The van der Waals surface area contributed by atoms with Crippen molar-refractivity contribution < 1.29 is 9.53 Å². The highest BCUT2D eigenvalue weighted by molar-refractivity contribution is 9.10. The zero-order valence-electron chi connectivity index (χ0n) is 10.7. The number of nitrogen functional groups attached to an aromatic ring is 1. The normalized spacial score (nSPS) is 10.5. The Hall–Kier alpha value is -1.82. The summed E-state index contributed by atoms with van der Waals surface area (Å²) in [6.45, 7) is 2.07. The van der Waals surface area contributed by atoms with E-state index >= 15 is 0 Å². The number of nitrogens with two attached hydrogens (primary N) is 1. The summed E-state index contributed by atoms with van der Waals surface area (Å²) in [5.74, 6) is -0.418. The van der Waals surface area contributed by atoms with Gasteiger partial charge in [0.15, 0.2) is 0 Å². The van der Waals surface area contributed by atoms with Crippen LogP contribution < -0.4 is 5.73 Å². The van der Waals surface area contributed by atoms with Gasteiger partial charge in [-0.1, -0.05) is 0 Å². The van der Waals surface area contributed by atoms with E-state index in [1.165, 1.54) is 0 Å². The quantitative estimate of drug-likeness (QED) is 0.695. The van der Waals surface area contributed by atoms with Crippen molar-refractivity contribution in [2.45, 2.75) is 13.5 Å². The molecule has 0 saturated carbocycles. The average molecular weight is 324 g/mol. The number of benzene rings is 1. The number of aromatic nitrogens is 2. The van der Waals surface area contributed by atoms with E-state index in [9.17, 15) is 4.79 Å². The van der Waals surface area contributed by atoms with E-state index in [2.05, 4.69) is 21.0 Å². The molecule has 0 atom stereocenters. The minimum Gasteiger partial charge on any atom is -0.456 e. The van der Waals surface area contributed by atoms with Crippen LogP contribution in [0, 0.1) is 6.92 Å². The van der Waals surface area contributed by atoms with Gasteiger partial charge in [0.25, 0.3) is 0 Å². The van der Waals surface area contributed by atoms with Crippen molar-refractivity contribution in [1.82, 2.24) is 9.78 Å². The van der Waals surface area contributed by atoms with Crippen LogP contribution in [-0.2, 0) is 18.4 Å². The number of nitrogens with zero attached hydrogens (tertiary/aromatic N) is 2. The first-order chi connectivity index (χ1) is 8.97. The predicted molar refractivity (Wildman–Crippen MR) is 75.6 cm³/mol. The van der Waals surface area contributed by atoms with E-state index in [0.717, 1.165) is 11.4 Å². The van der Waals surface area contributed by atoms with Crippen molar-refractivity contribution in [2.75, 3.05) is 5.73 Å². The second-order valence-corrected chi connectivity index (χ2v) is 5.07. The van der Waals surface area contributed by atoms with Gasteiger partial charge >= 0.3 is 5.97 Å². The van der Waals surface area contributed by atoms with Gasteiger partial charge in [-0.2, -0.15) is 5.10 Å². The molecule has 0 amide bonds. The first-order valence-electron chi connectivity index (χ1n) is 5.69. The van der Waals surface area contributed by atoms with Gasteiger partial charge < -0.3 is 10.5 Å². The zero-order valence-corrected chi connectivity index (χ0v) is 12.3. The first kappa shape index (κ1) is 13.6. The SMILES string of the molecule is Cc1cc(COC(=O)c2cc(N)ccc2Br)n(C)n1. The van der Waals surface area contributed by atoms with E-state index < -0.39 is 5.97 Å². The van der Waals surface area contributed by atoms with Gasteiger partial charge in [-0.15, -0.1) is 0 Å². The van der Waals surface area contributed by atoms with E-state index in [-0.39, 0.29) is 6.61 Å². The third-order valence-corrected chi connectivity index (χ3v) is 3.35. The average Bonchev–Trinajstić information content (AvgIpc) is 2.68. The molecule has 0 spiro atoms. The van der Waals surface area contributed by atoms with E-state index in [4.69, 9.17) is 10.5 Å². The molecule has 0 bridgehead atoms. The molecule has 0 aliphatic rings. The molecule has 0 aliphatic carbocycles. The fraction of sp³-hybridized carbons (Fsp3) is 0.231. The molecular weight excluding hydrogens is 310 g/mol. The third-order valence-electron chi connectivity index (χ3n) is 2.66. The monoisotopic (exact) mass is 323 g/mol. The van der Waals surface area contributed by atoms with Crippen LogP contribution >= 0.6 is 15.9 Å². The van der Waals surface area contributed by atoms with Gasteiger partial charge in [-0.05, 0) is 47.1 Å². The number of hydrogen-bond acceptors (Lipinski definition) is 4. The lowest BCUT2D eigenvalue weighted by Gasteiger charge is -2.07.